The maximum atomic E-state index is 13.7. The predicted molar refractivity (Wildman–Crippen MR) is 133 cm³/mol. The number of carbonyl (C=O) groups excluding carboxylic acids is 1. The summed E-state index contributed by atoms with van der Waals surface area (Å²) < 4.78 is 34.5. The number of aliphatic hydroxyl groups excluding tert-OH is 1. The summed E-state index contributed by atoms with van der Waals surface area (Å²) in [7, 11) is -4.31. The van der Waals surface area contributed by atoms with Crippen LogP contribution in [0, 0.1) is 0 Å². The van der Waals surface area contributed by atoms with Crippen LogP contribution in [-0.4, -0.2) is 55.4 Å². The number of ether oxygens (including phenoxy) is 2. The van der Waals surface area contributed by atoms with Crippen LogP contribution in [-0.2, 0) is 23.4 Å². The molecule has 2 heterocycles. The molecule has 3 rings (SSSR count). The van der Waals surface area contributed by atoms with Crippen molar-refractivity contribution in [2.75, 3.05) is 13.2 Å². The van der Waals surface area contributed by atoms with Crippen LogP contribution in [0.25, 0.3) is 0 Å². The smallest absolute Gasteiger partial charge is 0.459 e. The van der Waals surface area contributed by atoms with E-state index in [4.69, 9.17) is 30.1 Å². The Morgan fingerprint density at radius 1 is 1.33 bits per heavy atom. The molecular formula is C21H26BrClN3O9P. The molecule has 0 unspecified atom stereocenters. The molecule has 36 heavy (non-hydrogen) atoms. The lowest BCUT2D eigenvalue weighted by Gasteiger charge is -2.29. The van der Waals surface area contributed by atoms with E-state index >= 15 is 0 Å². The standard InChI is InChI=1S/C21H26BrClN3O9P/c1-4-32-18(29)20(2,3)25-36(31,35-13-8-6-5-7-9-13)33-12-14-16(28)21(22,23)17(34-14)26-15(27)10-11-24-19(26)30/h5-11,14,16-17,28H,4,12H2,1-3H3,(H,24,30)(H,25,31)/t14-,16-,17-,21+,36+/m1/s1. The van der Waals surface area contributed by atoms with Gasteiger partial charge in [0.1, 0.15) is 23.5 Å². The Hall–Kier alpha value is -1.99. The largest absolute Gasteiger partial charge is 0.465 e. The number of carbonyl (C=O) groups is 1. The zero-order valence-electron chi connectivity index (χ0n) is 19.6. The fourth-order valence-electron chi connectivity index (χ4n) is 3.32. The zero-order valence-corrected chi connectivity index (χ0v) is 22.8. The average Bonchev–Trinajstić information content (AvgIpc) is 3.01. The Bertz CT molecular complexity index is 1210. The molecule has 12 nitrogen and oxygen atoms in total. The van der Waals surface area contributed by atoms with Crippen LogP contribution >= 0.6 is 35.3 Å². The molecule has 1 aromatic carbocycles. The van der Waals surface area contributed by atoms with Crippen LogP contribution in [0.4, 0.5) is 0 Å². The minimum atomic E-state index is -4.31. The van der Waals surface area contributed by atoms with Crippen molar-refractivity contribution in [1.29, 1.82) is 0 Å². The number of nitrogens with one attached hydrogen (secondary N) is 2. The number of halogens is 2. The molecule has 1 saturated heterocycles. The number of nitrogens with zero attached hydrogens (tertiary/aromatic N) is 1. The van der Waals surface area contributed by atoms with E-state index in [9.17, 15) is 24.1 Å². The first-order valence-corrected chi connectivity index (χ1v) is 13.5. The lowest BCUT2D eigenvalue weighted by atomic mass is 10.1. The summed E-state index contributed by atoms with van der Waals surface area (Å²) in [5.74, 6) is -0.529. The summed E-state index contributed by atoms with van der Waals surface area (Å²) in [6.07, 6.45) is -3.08. The molecule has 0 radical (unpaired) electrons. The van der Waals surface area contributed by atoms with Crippen molar-refractivity contribution < 1.29 is 33.0 Å². The van der Waals surface area contributed by atoms with E-state index in [0.717, 1.165) is 12.3 Å². The van der Waals surface area contributed by atoms with E-state index in [-0.39, 0.29) is 12.4 Å². The predicted octanol–water partition coefficient (Wildman–Crippen LogP) is 2.26. The molecule has 5 atom stereocenters. The molecule has 198 valence electrons. The number of benzene rings is 1. The third-order valence-corrected chi connectivity index (χ3v) is 8.13. The first-order chi connectivity index (χ1) is 16.8. The number of hydrogen-bond acceptors (Lipinski definition) is 9. The van der Waals surface area contributed by atoms with Gasteiger partial charge in [0.15, 0.2) is 10.0 Å². The topological polar surface area (TPSA) is 158 Å². The van der Waals surface area contributed by atoms with Gasteiger partial charge in [0.25, 0.3) is 5.56 Å². The Kier molecular flexibility index (Phi) is 8.87. The summed E-state index contributed by atoms with van der Waals surface area (Å²) in [5, 5.41) is 13.3. The van der Waals surface area contributed by atoms with Gasteiger partial charge in [0, 0.05) is 12.3 Å². The molecule has 15 heteroatoms. The third kappa shape index (κ3) is 6.28. The van der Waals surface area contributed by atoms with E-state index < -0.39 is 59.3 Å². The van der Waals surface area contributed by atoms with E-state index in [2.05, 4.69) is 26.0 Å². The van der Waals surface area contributed by atoms with Crippen molar-refractivity contribution in [3.05, 3.63) is 63.4 Å². The molecule has 0 saturated carbocycles. The molecule has 0 spiro atoms. The maximum Gasteiger partial charge on any atom is 0.459 e. The maximum absolute atomic E-state index is 13.7. The summed E-state index contributed by atoms with van der Waals surface area (Å²) in [6, 6.07) is 9.16. The molecule has 0 bridgehead atoms. The fraction of sp³-hybridized carbons (Fsp3) is 0.476. The van der Waals surface area contributed by atoms with Crippen LogP contribution in [0.2, 0.25) is 0 Å². The van der Waals surface area contributed by atoms with E-state index in [0.29, 0.717) is 4.57 Å². The van der Waals surface area contributed by atoms with Gasteiger partial charge in [-0.3, -0.25) is 14.1 Å². The number of alkyl halides is 2. The lowest BCUT2D eigenvalue weighted by molar-refractivity contribution is -0.149. The molecule has 1 fully saturated rings. The molecule has 1 aromatic heterocycles. The number of aromatic nitrogens is 2. The number of hydrogen-bond donors (Lipinski definition) is 3. The SMILES string of the molecule is CCOC(=O)C(C)(C)N[P@](=O)(OC[C@H]1O[C@@H](n2c(=O)cc[nH]c2=O)[C@](Cl)(Br)[C@@H]1O)Oc1ccccc1. The number of aliphatic hydroxyl groups is 1. The fourth-order valence-corrected chi connectivity index (χ4v) is 5.90. The van der Waals surface area contributed by atoms with Crippen molar-refractivity contribution in [2.24, 2.45) is 0 Å². The third-order valence-electron chi connectivity index (χ3n) is 5.08. The highest BCUT2D eigenvalue weighted by molar-refractivity contribution is 9.10. The monoisotopic (exact) mass is 609 g/mol. The van der Waals surface area contributed by atoms with Crippen molar-refractivity contribution in [2.45, 2.75) is 48.5 Å². The van der Waals surface area contributed by atoms with Gasteiger partial charge in [-0.25, -0.2) is 13.9 Å². The van der Waals surface area contributed by atoms with Gasteiger partial charge in [-0.1, -0.05) is 45.7 Å². The summed E-state index contributed by atoms with van der Waals surface area (Å²) >= 11 is 9.54. The van der Waals surface area contributed by atoms with Crippen molar-refractivity contribution in [1.82, 2.24) is 14.6 Å². The van der Waals surface area contributed by atoms with Gasteiger partial charge in [-0.15, -0.1) is 0 Å². The molecule has 0 aliphatic carbocycles. The highest BCUT2D eigenvalue weighted by atomic mass is 79.9. The van der Waals surface area contributed by atoms with Gasteiger partial charge in [0.2, 0.25) is 0 Å². The number of para-hydroxylation sites is 1. The van der Waals surface area contributed by atoms with Crippen LogP contribution < -0.4 is 20.9 Å². The Morgan fingerprint density at radius 3 is 2.61 bits per heavy atom. The van der Waals surface area contributed by atoms with Gasteiger partial charge >= 0.3 is 19.4 Å². The van der Waals surface area contributed by atoms with Gasteiger partial charge in [-0.2, -0.15) is 5.09 Å². The Balaban J connectivity index is 1.85. The lowest BCUT2D eigenvalue weighted by Crippen LogP contribution is -2.47. The molecule has 1 aliphatic heterocycles. The minimum absolute atomic E-state index is 0.0964. The first-order valence-electron chi connectivity index (χ1n) is 10.8. The number of esters is 1. The van der Waals surface area contributed by atoms with Crippen LogP contribution in [0.1, 0.15) is 27.0 Å². The van der Waals surface area contributed by atoms with Crippen molar-refractivity contribution >= 4 is 41.2 Å². The zero-order chi connectivity index (χ0) is 26.7. The molecule has 1 aliphatic rings. The quantitative estimate of drug-likeness (QED) is 0.207. The average molecular weight is 611 g/mol. The van der Waals surface area contributed by atoms with Crippen LogP contribution in [0.15, 0.2) is 52.2 Å². The van der Waals surface area contributed by atoms with E-state index in [1.54, 1.807) is 25.1 Å². The van der Waals surface area contributed by atoms with Crippen molar-refractivity contribution in [3.63, 3.8) is 0 Å². The van der Waals surface area contributed by atoms with Gasteiger partial charge in [0.05, 0.1) is 13.2 Å². The second-order valence-corrected chi connectivity index (χ2v) is 12.3. The Labute approximate surface area is 219 Å². The first kappa shape index (κ1) is 28.6. The summed E-state index contributed by atoms with van der Waals surface area (Å²) in [6.45, 7) is 4.03. The van der Waals surface area contributed by atoms with Crippen molar-refractivity contribution in [3.8, 4) is 5.75 Å². The number of H-pyrrole nitrogens is 1. The van der Waals surface area contributed by atoms with Gasteiger partial charge < -0.3 is 24.1 Å². The molecule has 2 aromatic rings. The van der Waals surface area contributed by atoms with E-state index in [1.165, 1.54) is 26.0 Å². The van der Waals surface area contributed by atoms with Crippen LogP contribution in [0.3, 0.4) is 0 Å². The second kappa shape index (κ2) is 11.2. The summed E-state index contributed by atoms with van der Waals surface area (Å²) in [4.78, 5) is 39.2. The number of aromatic amines is 1. The second-order valence-electron chi connectivity index (χ2n) is 8.29. The Morgan fingerprint density at radius 2 is 2.00 bits per heavy atom. The highest BCUT2D eigenvalue weighted by Gasteiger charge is 2.56. The van der Waals surface area contributed by atoms with Gasteiger partial charge in [-0.05, 0) is 32.9 Å². The molecule has 0 amide bonds. The highest BCUT2D eigenvalue weighted by Crippen LogP contribution is 2.50. The molecule has 3 N–H and O–H groups in total. The number of rotatable bonds is 10. The molecular weight excluding hydrogens is 585 g/mol. The minimum Gasteiger partial charge on any atom is -0.465 e. The van der Waals surface area contributed by atoms with Crippen LogP contribution in [0.5, 0.6) is 5.75 Å². The summed E-state index contributed by atoms with van der Waals surface area (Å²) in [5.41, 5.74) is -3.03. The normalized spacial score (nSPS) is 25.8. The van der Waals surface area contributed by atoms with E-state index in [1.807, 2.05) is 0 Å².